The Hall–Kier alpha value is -0.610. The van der Waals surface area contributed by atoms with Gasteiger partial charge in [-0.1, -0.05) is 19.3 Å². The number of hydrogen-bond acceptors (Lipinski definition) is 3. The Morgan fingerprint density at radius 1 is 1.10 bits per heavy atom. The zero-order valence-electron chi connectivity index (χ0n) is 12.7. The summed E-state index contributed by atoms with van der Waals surface area (Å²) >= 11 is 0. The van der Waals surface area contributed by atoms with Crippen LogP contribution in [-0.4, -0.2) is 48.1 Å². The van der Waals surface area contributed by atoms with Gasteiger partial charge in [-0.3, -0.25) is 9.69 Å². The highest BCUT2D eigenvalue weighted by Crippen LogP contribution is 2.22. The van der Waals surface area contributed by atoms with E-state index >= 15 is 0 Å². The molecule has 1 saturated carbocycles. The number of carbonyl (C=O) groups excluding carboxylic acids is 1. The number of hydrogen-bond donors (Lipinski definition) is 2. The summed E-state index contributed by atoms with van der Waals surface area (Å²) in [5, 5.41) is 6.96. The summed E-state index contributed by atoms with van der Waals surface area (Å²) in [5.41, 5.74) is 0. The van der Waals surface area contributed by atoms with Crippen LogP contribution in [0.25, 0.3) is 0 Å². The summed E-state index contributed by atoms with van der Waals surface area (Å²) < 4.78 is 0. The van der Waals surface area contributed by atoms with E-state index in [9.17, 15) is 4.79 Å². The van der Waals surface area contributed by atoms with E-state index in [-0.39, 0.29) is 11.9 Å². The number of nitrogens with one attached hydrogen (secondary N) is 2. The second-order valence-electron chi connectivity index (χ2n) is 6.94. The Morgan fingerprint density at radius 2 is 1.85 bits per heavy atom. The second-order valence-corrected chi connectivity index (χ2v) is 6.94. The first kappa shape index (κ1) is 14.3. The van der Waals surface area contributed by atoms with Crippen LogP contribution in [0.5, 0.6) is 0 Å². The van der Waals surface area contributed by atoms with Gasteiger partial charge in [-0.15, -0.1) is 0 Å². The van der Waals surface area contributed by atoms with Crippen LogP contribution in [-0.2, 0) is 4.79 Å². The summed E-state index contributed by atoms with van der Waals surface area (Å²) in [6, 6.07) is 1.75. The first-order valence-corrected chi connectivity index (χ1v) is 8.53. The maximum Gasteiger partial charge on any atom is 0.237 e. The van der Waals surface area contributed by atoms with Crippen molar-refractivity contribution < 1.29 is 4.79 Å². The van der Waals surface area contributed by atoms with Crippen LogP contribution < -0.4 is 10.6 Å². The fourth-order valence-electron chi connectivity index (χ4n) is 4.06. The Morgan fingerprint density at radius 3 is 2.65 bits per heavy atom. The van der Waals surface area contributed by atoms with E-state index in [1.54, 1.807) is 0 Å². The van der Waals surface area contributed by atoms with Crippen molar-refractivity contribution in [2.24, 2.45) is 0 Å². The lowest BCUT2D eigenvalue weighted by Gasteiger charge is -2.31. The maximum absolute atomic E-state index is 12.5. The Labute approximate surface area is 122 Å². The first-order valence-electron chi connectivity index (χ1n) is 8.53. The van der Waals surface area contributed by atoms with E-state index in [1.807, 2.05) is 0 Å². The van der Waals surface area contributed by atoms with Crippen molar-refractivity contribution in [2.45, 2.75) is 82.5 Å². The monoisotopic (exact) mass is 279 g/mol. The molecular weight excluding hydrogens is 250 g/mol. The molecule has 3 aliphatic rings. The molecule has 2 saturated heterocycles. The molecule has 2 N–H and O–H groups in total. The van der Waals surface area contributed by atoms with Crippen molar-refractivity contribution >= 4 is 5.91 Å². The molecule has 114 valence electrons. The van der Waals surface area contributed by atoms with Crippen LogP contribution in [0, 0.1) is 0 Å². The molecule has 2 aliphatic heterocycles. The number of likely N-dealkylation sites (tertiary alicyclic amines) is 1. The number of rotatable bonds is 3. The molecule has 0 aromatic carbocycles. The van der Waals surface area contributed by atoms with E-state index in [4.69, 9.17) is 0 Å². The lowest BCUT2D eigenvalue weighted by Crippen LogP contribution is -2.50. The topological polar surface area (TPSA) is 44.4 Å². The predicted molar refractivity (Wildman–Crippen MR) is 80.6 cm³/mol. The van der Waals surface area contributed by atoms with Crippen molar-refractivity contribution in [1.82, 2.24) is 15.5 Å². The molecule has 0 spiro atoms. The molecule has 1 aliphatic carbocycles. The van der Waals surface area contributed by atoms with Gasteiger partial charge in [0.05, 0.1) is 6.04 Å². The SMILES string of the molecule is CC(C(=O)NC1CCCCC1)N1CCC2CCC(C1)N2. The minimum Gasteiger partial charge on any atom is -0.352 e. The second kappa shape index (κ2) is 6.44. The Kier molecular flexibility index (Phi) is 4.61. The normalized spacial score (nSPS) is 33.6. The summed E-state index contributed by atoms with van der Waals surface area (Å²) in [6.07, 6.45) is 10.0. The van der Waals surface area contributed by atoms with Gasteiger partial charge in [0, 0.05) is 31.2 Å². The van der Waals surface area contributed by atoms with E-state index in [2.05, 4.69) is 22.5 Å². The molecule has 3 fully saturated rings. The largest absolute Gasteiger partial charge is 0.352 e. The van der Waals surface area contributed by atoms with Crippen LogP contribution in [0.15, 0.2) is 0 Å². The number of carbonyl (C=O) groups is 1. The summed E-state index contributed by atoms with van der Waals surface area (Å²) in [7, 11) is 0. The molecule has 3 atom stereocenters. The van der Waals surface area contributed by atoms with Crippen molar-refractivity contribution in [3.63, 3.8) is 0 Å². The highest BCUT2D eigenvalue weighted by molar-refractivity contribution is 5.81. The van der Waals surface area contributed by atoms with E-state index in [1.165, 1.54) is 51.4 Å². The van der Waals surface area contributed by atoms with Gasteiger partial charge >= 0.3 is 0 Å². The molecule has 3 rings (SSSR count). The predicted octanol–water partition coefficient (Wildman–Crippen LogP) is 1.65. The number of nitrogens with zero attached hydrogens (tertiary/aromatic N) is 1. The van der Waals surface area contributed by atoms with E-state index in [0.29, 0.717) is 18.1 Å². The zero-order valence-corrected chi connectivity index (χ0v) is 12.7. The van der Waals surface area contributed by atoms with Crippen LogP contribution in [0.4, 0.5) is 0 Å². The Bertz CT molecular complexity index is 341. The van der Waals surface area contributed by atoms with Gasteiger partial charge in [-0.25, -0.2) is 0 Å². The number of amides is 1. The molecule has 3 unspecified atom stereocenters. The highest BCUT2D eigenvalue weighted by Gasteiger charge is 2.33. The van der Waals surface area contributed by atoms with Gasteiger partial charge in [-0.2, -0.15) is 0 Å². The van der Waals surface area contributed by atoms with Crippen molar-refractivity contribution in [3.8, 4) is 0 Å². The highest BCUT2D eigenvalue weighted by atomic mass is 16.2. The maximum atomic E-state index is 12.5. The van der Waals surface area contributed by atoms with Crippen LogP contribution in [0.1, 0.15) is 58.3 Å². The summed E-state index contributed by atoms with van der Waals surface area (Å²) in [6.45, 7) is 4.18. The fourth-order valence-corrected chi connectivity index (χ4v) is 4.06. The average Bonchev–Trinajstić information content (AvgIpc) is 2.79. The molecule has 0 aromatic rings. The summed E-state index contributed by atoms with van der Waals surface area (Å²) in [5.74, 6) is 0.245. The average molecular weight is 279 g/mol. The van der Waals surface area contributed by atoms with Crippen molar-refractivity contribution in [1.29, 1.82) is 0 Å². The van der Waals surface area contributed by atoms with Crippen LogP contribution in [0.3, 0.4) is 0 Å². The fraction of sp³-hybridized carbons (Fsp3) is 0.938. The minimum atomic E-state index is 0.0260. The summed E-state index contributed by atoms with van der Waals surface area (Å²) in [4.78, 5) is 14.8. The van der Waals surface area contributed by atoms with Crippen LogP contribution in [0.2, 0.25) is 0 Å². The zero-order chi connectivity index (χ0) is 13.9. The van der Waals surface area contributed by atoms with Gasteiger partial charge in [0.15, 0.2) is 0 Å². The molecule has 1 amide bonds. The molecule has 4 nitrogen and oxygen atoms in total. The van der Waals surface area contributed by atoms with Gasteiger partial charge in [0.25, 0.3) is 0 Å². The standard InChI is InChI=1S/C16H29N3O/c1-12(16(20)18-13-5-3-2-4-6-13)19-10-9-14-7-8-15(11-19)17-14/h12-15,17H,2-11H2,1H3,(H,18,20). The quantitative estimate of drug-likeness (QED) is 0.825. The first-order chi connectivity index (χ1) is 9.72. The van der Waals surface area contributed by atoms with E-state index in [0.717, 1.165) is 13.1 Å². The smallest absolute Gasteiger partial charge is 0.237 e. The van der Waals surface area contributed by atoms with Gasteiger partial charge in [-0.05, 0) is 39.0 Å². The van der Waals surface area contributed by atoms with Gasteiger partial charge in [0.2, 0.25) is 5.91 Å². The lowest BCUT2D eigenvalue weighted by atomic mass is 9.95. The minimum absolute atomic E-state index is 0.0260. The molecule has 2 bridgehead atoms. The third-order valence-corrected chi connectivity index (χ3v) is 5.43. The van der Waals surface area contributed by atoms with Crippen molar-refractivity contribution in [2.75, 3.05) is 13.1 Å². The number of fused-ring (bicyclic) bond motifs is 2. The molecule has 0 aromatic heterocycles. The Balaban J connectivity index is 1.51. The molecule has 2 heterocycles. The molecule has 20 heavy (non-hydrogen) atoms. The van der Waals surface area contributed by atoms with Crippen LogP contribution >= 0.6 is 0 Å². The van der Waals surface area contributed by atoms with Crippen molar-refractivity contribution in [3.05, 3.63) is 0 Å². The molecule has 4 heteroatoms. The lowest BCUT2D eigenvalue weighted by molar-refractivity contribution is -0.126. The van der Waals surface area contributed by atoms with E-state index < -0.39 is 0 Å². The van der Waals surface area contributed by atoms with Gasteiger partial charge < -0.3 is 10.6 Å². The molecular formula is C16H29N3O. The molecule has 0 radical (unpaired) electrons. The third kappa shape index (κ3) is 3.34. The third-order valence-electron chi connectivity index (χ3n) is 5.43. The van der Waals surface area contributed by atoms with Gasteiger partial charge in [0.1, 0.15) is 0 Å².